The van der Waals surface area contributed by atoms with Crippen LogP contribution in [0.5, 0.6) is 0 Å². The van der Waals surface area contributed by atoms with Crippen molar-refractivity contribution in [1.82, 2.24) is 4.72 Å². The molecular formula is C17H20N4O4S. The Kier molecular flexibility index (Phi) is 6.06. The molecule has 138 valence electrons. The number of azo groups is 1. The van der Waals surface area contributed by atoms with Gasteiger partial charge >= 0.3 is 5.97 Å². The lowest BCUT2D eigenvalue weighted by molar-refractivity contribution is -0.138. The maximum atomic E-state index is 12.1. The Morgan fingerprint density at radius 2 is 1.46 bits per heavy atom. The van der Waals surface area contributed by atoms with Crippen molar-refractivity contribution in [3.8, 4) is 0 Å². The van der Waals surface area contributed by atoms with E-state index in [2.05, 4.69) is 15.0 Å². The Morgan fingerprint density at radius 3 is 1.88 bits per heavy atom. The molecule has 1 atom stereocenters. The second-order valence-corrected chi connectivity index (χ2v) is 7.50. The number of nitrogens with one attached hydrogen (secondary N) is 1. The molecule has 2 aromatic carbocycles. The van der Waals surface area contributed by atoms with Gasteiger partial charge in [0.15, 0.2) is 0 Å². The van der Waals surface area contributed by atoms with E-state index < -0.39 is 22.0 Å². The van der Waals surface area contributed by atoms with E-state index in [9.17, 15) is 13.2 Å². The second kappa shape index (κ2) is 8.07. The molecule has 0 bridgehead atoms. The van der Waals surface area contributed by atoms with Gasteiger partial charge in [0, 0.05) is 19.8 Å². The van der Waals surface area contributed by atoms with Crippen molar-refractivity contribution in [3.63, 3.8) is 0 Å². The first-order valence-corrected chi connectivity index (χ1v) is 9.22. The van der Waals surface area contributed by atoms with Crippen LogP contribution in [0.4, 0.5) is 17.1 Å². The third-order valence-electron chi connectivity index (χ3n) is 3.50. The van der Waals surface area contributed by atoms with Gasteiger partial charge in [0.1, 0.15) is 6.04 Å². The predicted octanol–water partition coefficient (Wildman–Crippen LogP) is 2.92. The molecule has 0 heterocycles. The molecule has 0 aliphatic carbocycles. The zero-order valence-electron chi connectivity index (χ0n) is 14.6. The fourth-order valence-corrected chi connectivity index (χ4v) is 3.17. The zero-order valence-corrected chi connectivity index (χ0v) is 15.4. The summed E-state index contributed by atoms with van der Waals surface area (Å²) in [7, 11) is -0.0238. The molecule has 8 nitrogen and oxygen atoms in total. The van der Waals surface area contributed by atoms with Gasteiger partial charge in [-0.15, -0.1) is 0 Å². The summed E-state index contributed by atoms with van der Waals surface area (Å²) < 4.78 is 26.3. The van der Waals surface area contributed by atoms with Crippen LogP contribution in [0.25, 0.3) is 0 Å². The molecule has 0 aromatic heterocycles. The number of carbonyl (C=O) groups is 1. The first-order chi connectivity index (χ1) is 12.2. The molecule has 2 rings (SSSR count). The lowest BCUT2D eigenvalue weighted by atomic mass is 10.3. The van der Waals surface area contributed by atoms with E-state index in [1.54, 1.807) is 0 Å². The number of sulfonamides is 1. The van der Waals surface area contributed by atoms with Crippen molar-refractivity contribution < 1.29 is 18.3 Å². The molecule has 0 aliphatic rings. The highest BCUT2D eigenvalue weighted by Crippen LogP contribution is 2.22. The maximum absolute atomic E-state index is 12.1. The molecule has 2 aromatic rings. The number of carboxylic acid groups (broad SMARTS) is 1. The average molecular weight is 376 g/mol. The summed E-state index contributed by atoms with van der Waals surface area (Å²) in [5, 5.41) is 17.0. The summed E-state index contributed by atoms with van der Waals surface area (Å²) in [6, 6.07) is 12.0. The number of carboxylic acids is 1. The van der Waals surface area contributed by atoms with Crippen molar-refractivity contribution in [2.45, 2.75) is 17.9 Å². The average Bonchev–Trinajstić information content (AvgIpc) is 2.60. The number of nitrogens with zero attached hydrogens (tertiary/aromatic N) is 3. The van der Waals surface area contributed by atoms with Gasteiger partial charge in [-0.1, -0.05) is 0 Å². The third-order valence-corrected chi connectivity index (χ3v) is 5.05. The van der Waals surface area contributed by atoms with E-state index in [4.69, 9.17) is 5.11 Å². The number of hydrogen-bond acceptors (Lipinski definition) is 6. The normalized spacial score (nSPS) is 12.9. The van der Waals surface area contributed by atoms with Crippen LogP contribution in [0.15, 0.2) is 63.7 Å². The van der Waals surface area contributed by atoms with Gasteiger partial charge in [0.25, 0.3) is 0 Å². The molecule has 0 amide bonds. The standard InChI is InChI=1S/C17H20N4O4S/c1-12(17(22)23)20-26(24,25)16-10-6-14(7-11-16)19-18-13-4-8-15(9-5-13)21(2)3/h4-12,20H,1-3H3,(H,22,23)/t12-/m1/s1. The quantitative estimate of drug-likeness (QED) is 0.722. The molecule has 0 saturated heterocycles. The number of rotatable bonds is 7. The molecule has 9 heteroatoms. The van der Waals surface area contributed by atoms with Gasteiger partial charge in [-0.2, -0.15) is 15.0 Å². The van der Waals surface area contributed by atoms with E-state index in [-0.39, 0.29) is 4.90 Å². The third kappa shape index (κ3) is 5.11. The number of anilines is 1. The fourth-order valence-electron chi connectivity index (χ4n) is 1.98. The largest absolute Gasteiger partial charge is 0.480 e. The van der Waals surface area contributed by atoms with E-state index in [0.717, 1.165) is 5.69 Å². The van der Waals surface area contributed by atoms with Crippen molar-refractivity contribution in [2.75, 3.05) is 19.0 Å². The Labute approximate surface area is 152 Å². The Balaban J connectivity index is 2.10. The predicted molar refractivity (Wildman–Crippen MR) is 98.8 cm³/mol. The van der Waals surface area contributed by atoms with Crippen molar-refractivity contribution >= 4 is 33.1 Å². The van der Waals surface area contributed by atoms with E-state index in [1.165, 1.54) is 31.2 Å². The highest BCUT2D eigenvalue weighted by molar-refractivity contribution is 7.89. The molecule has 0 saturated carbocycles. The number of benzene rings is 2. The summed E-state index contributed by atoms with van der Waals surface area (Å²) in [5.74, 6) is -1.25. The summed E-state index contributed by atoms with van der Waals surface area (Å²) >= 11 is 0. The second-order valence-electron chi connectivity index (χ2n) is 5.79. The molecule has 26 heavy (non-hydrogen) atoms. The highest BCUT2D eigenvalue weighted by Gasteiger charge is 2.21. The number of hydrogen-bond donors (Lipinski definition) is 2. The van der Waals surface area contributed by atoms with Crippen LogP contribution in [0.3, 0.4) is 0 Å². The molecule has 0 radical (unpaired) electrons. The summed E-state index contributed by atoms with van der Waals surface area (Å²) in [6.45, 7) is 1.25. The highest BCUT2D eigenvalue weighted by atomic mass is 32.2. The Hall–Kier alpha value is -2.78. The van der Waals surface area contributed by atoms with Crippen LogP contribution in [-0.2, 0) is 14.8 Å². The SMILES string of the molecule is C[C@@H](NS(=O)(=O)c1ccc(N=Nc2ccc(N(C)C)cc2)cc1)C(=O)O. The van der Waals surface area contributed by atoms with Crippen molar-refractivity contribution in [1.29, 1.82) is 0 Å². The first kappa shape index (κ1) is 19.5. The van der Waals surface area contributed by atoms with Gasteiger partial charge in [-0.25, -0.2) is 8.42 Å². The van der Waals surface area contributed by atoms with Crippen molar-refractivity contribution in [2.24, 2.45) is 10.2 Å². The smallest absolute Gasteiger partial charge is 0.321 e. The van der Waals surface area contributed by atoms with Crippen LogP contribution in [0.1, 0.15) is 6.92 Å². The minimum absolute atomic E-state index is 0.0418. The van der Waals surface area contributed by atoms with Gasteiger partial charge in [-0.3, -0.25) is 4.79 Å². The topological polar surface area (TPSA) is 111 Å². The van der Waals surface area contributed by atoms with Crippen LogP contribution >= 0.6 is 0 Å². The molecule has 0 spiro atoms. The molecule has 0 fully saturated rings. The minimum atomic E-state index is -3.91. The van der Waals surface area contributed by atoms with Crippen molar-refractivity contribution in [3.05, 3.63) is 48.5 Å². The molecule has 0 aliphatic heterocycles. The maximum Gasteiger partial charge on any atom is 0.321 e. The van der Waals surface area contributed by atoms with E-state index >= 15 is 0 Å². The van der Waals surface area contributed by atoms with E-state index in [0.29, 0.717) is 11.4 Å². The fraction of sp³-hybridized carbons (Fsp3) is 0.235. The van der Waals surface area contributed by atoms with Gasteiger partial charge < -0.3 is 10.0 Å². The van der Waals surface area contributed by atoms with Crippen LogP contribution in [0, 0.1) is 0 Å². The lowest BCUT2D eigenvalue weighted by Gasteiger charge is -2.11. The van der Waals surface area contributed by atoms with Gasteiger partial charge in [0.2, 0.25) is 10.0 Å². The Bertz CT molecular complexity index is 891. The monoisotopic (exact) mass is 376 g/mol. The summed E-state index contributed by atoms with van der Waals surface area (Å²) in [6.07, 6.45) is 0. The lowest BCUT2D eigenvalue weighted by Crippen LogP contribution is -2.38. The number of aliphatic carboxylic acids is 1. The van der Waals surface area contributed by atoms with Crippen LogP contribution in [-0.4, -0.2) is 39.6 Å². The molecular weight excluding hydrogens is 356 g/mol. The van der Waals surface area contributed by atoms with Gasteiger partial charge in [0.05, 0.1) is 16.3 Å². The molecule has 0 unspecified atom stereocenters. The summed E-state index contributed by atoms with van der Waals surface area (Å²) in [4.78, 5) is 12.7. The van der Waals surface area contributed by atoms with Crippen LogP contribution in [0.2, 0.25) is 0 Å². The minimum Gasteiger partial charge on any atom is -0.480 e. The first-order valence-electron chi connectivity index (χ1n) is 7.73. The zero-order chi connectivity index (χ0) is 19.3. The Morgan fingerprint density at radius 1 is 1.00 bits per heavy atom. The van der Waals surface area contributed by atoms with Gasteiger partial charge in [-0.05, 0) is 55.5 Å². The van der Waals surface area contributed by atoms with E-state index in [1.807, 2.05) is 43.3 Å². The molecule has 2 N–H and O–H groups in total. The van der Waals surface area contributed by atoms with Crippen LogP contribution < -0.4 is 9.62 Å². The summed E-state index contributed by atoms with van der Waals surface area (Å²) in [5.41, 5.74) is 2.19.